The predicted octanol–water partition coefficient (Wildman–Crippen LogP) is 2.95. The van der Waals surface area contributed by atoms with E-state index in [1.807, 2.05) is 4.57 Å². The van der Waals surface area contributed by atoms with Crippen molar-refractivity contribution in [1.29, 1.82) is 0 Å². The van der Waals surface area contributed by atoms with E-state index in [2.05, 4.69) is 10.2 Å². The highest BCUT2D eigenvalue weighted by Crippen LogP contribution is 2.39. The van der Waals surface area contributed by atoms with Crippen LogP contribution in [0.5, 0.6) is 0 Å². The van der Waals surface area contributed by atoms with Gasteiger partial charge in [0.05, 0.1) is 0 Å². The Morgan fingerprint density at radius 3 is 2.62 bits per heavy atom. The molecule has 1 aromatic heterocycles. The average molecular weight is 235 g/mol. The number of hydrogen-bond acceptors (Lipinski definition) is 2. The molecule has 0 saturated heterocycles. The number of benzene rings is 1. The first-order valence-electron chi connectivity index (χ1n) is 5.19. The lowest BCUT2D eigenvalue weighted by atomic mass is 10.3. The minimum atomic E-state index is -0.244. The number of aromatic amines is 1. The Labute approximate surface area is 96.9 Å². The summed E-state index contributed by atoms with van der Waals surface area (Å²) in [5.41, 5.74) is 0.863. The molecule has 1 fully saturated rings. The fourth-order valence-electron chi connectivity index (χ4n) is 1.76. The summed E-state index contributed by atoms with van der Waals surface area (Å²) in [6.07, 6.45) is 2.31. The molecule has 0 aliphatic heterocycles. The number of nitrogens with one attached hydrogen (secondary N) is 1. The van der Waals surface area contributed by atoms with Gasteiger partial charge >= 0.3 is 0 Å². The third-order valence-electron chi connectivity index (χ3n) is 2.73. The number of H-pyrrole nitrogens is 1. The van der Waals surface area contributed by atoms with Crippen molar-refractivity contribution in [3.8, 4) is 5.69 Å². The molecule has 16 heavy (non-hydrogen) atoms. The van der Waals surface area contributed by atoms with Gasteiger partial charge in [-0.2, -0.15) is 5.10 Å². The predicted molar refractivity (Wildman–Crippen MR) is 60.7 cm³/mol. The number of halogens is 1. The first-order valence-corrected chi connectivity index (χ1v) is 5.60. The third-order valence-corrected chi connectivity index (χ3v) is 3.00. The van der Waals surface area contributed by atoms with Gasteiger partial charge < -0.3 is 0 Å². The highest BCUT2D eigenvalue weighted by atomic mass is 32.1. The van der Waals surface area contributed by atoms with Crippen LogP contribution in [0.4, 0.5) is 4.39 Å². The quantitative estimate of drug-likeness (QED) is 0.812. The molecule has 5 heteroatoms. The van der Waals surface area contributed by atoms with Gasteiger partial charge in [0.2, 0.25) is 0 Å². The van der Waals surface area contributed by atoms with Crippen LogP contribution in [0, 0.1) is 10.6 Å². The summed E-state index contributed by atoms with van der Waals surface area (Å²) in [5, 5.41) is 7.02. The molecule has 0 unspecified atom stereocenters. The molecule has 3 nitrogen and oxygen atoms in total. The Morgan fingerprint density at radius 2 is 2.00 bits per heavy atom. The monoisotopic (exact) mass is 235 g/mol. The second-order valence-corrected chi connectivity index (χ2v) is 4.36. The van der Waals surface area contributed by atoms with Crippen LogP contribution >= 0.6 is 12.2 Å². The summed E-state index contributed by atoms with van der Waals surface area (Å²) in [6, 6.07) is 6.29. The summed E-state index contributed by atoms with van der Waals surface area (Å²) in [6.45, 7) is 0. The standard InChI is InChI=1S/C11H10FN3S/c12-8-3-5-9(6-4-8)15-10(7-1-2-7)13-14-11(15)16/h3-7H,1-2H2,(H,14,16). The van der Waals surface area contributed by atoms with Crippen molar-refractivity contribution in [3.05, 3.63) is 40.7 Å². The van der Waals surface area contributed by atoms with E-state index in [-0.39, 0.29) is 5.82 Å². The van der Waals surface area contributed by atoms with E-state index in [1.165, 1.54) is 12.1 Å². The Hall–Kier alpha value is -1.49. The van der Waals surface area contributed by atoms with Gasteiger partial charge in [-0.05, 0) is 49.3 Å². The SMILES string of the molecule is Fc1ccc(-n2c(C3CC3)n[nH]c2=S)cc1. The number of rotatable bonds is 2. The first-order chi connectivity index (χ1) is 7.75. The normalized spacial score (nSPS) is 15.3. The number of nitrogens with zero attached hydrogens (tertiary/aromatic N) is 2. The van der Waals surface area contributed by atoms with Crippen LogP contribution in [-0.4, -0.2) is 14.8 Å². The van der Waals surface area contributed by atoms with E-state index in [0.29, 0.717) is 10.7 Å². The fraction of sp³-hybridized carbons (Fsp3) is 0.273. The van der Waals surface area contributed by atoms with Crippen LogP contribution in [0.3, 0.4) is 0 Å². The van der Waals surface area contributed by atoms with Gasteiger partial charge in [-0.1, -0.05) is 0 Å². The summed E-state index contributed by atoms with van der Waals surface area (Å²) < 4.78 is 15.3. The summed E-state index contributed by atoms with van der Waals surface area (Å²) in [5.74, 6) is 1.21. The molecule has 82 valence electrons. The Kier molecular flexibility index (Phi) is 2.14. The average Bonchev–Trinajstić information content (AvgIpc) is 3.05. The van der Waals surface area contributed by atoms with E-state index in [1.54, 1.807) is 12.1 Å². The molecule has 0 spiro atoms. The van der Waals surface area contributed by atoms with Crippen molar-refractivity contribution in [1.82, 2.24) is 14.8 Å². The van der Waals surface area contributed by atoms with E-state index >= 15 is 0 Å². The Morgan fingerprint density at radius 1 is 1.31 bits per heavy atom. The zero-order valence-corrected chi connectivity index (χ0v) is 9.30. The van der Waals surface area contributed by atoms with Crippen LogP contribution in [0.25, 0.3) is 5.69 Å². The molecule has 1 saturated carbocycles. The van der Waals surface area contributed by atoms with Gasteiger partial charge in [0.15, 0.2) is 4.77 Å². The van der Waals surface area contributed by atoms with Crippen molar-refractivity contribution in [2.75, 3.05) is 0 Å². The zero-order chi connectivity index (χ0) is 11.1. The minimum Gasteiger partial charge on any atom is -0.272 e. The number of hydrogen-bond donors (Lipinski definition) is 1. The van der Waals surface area contributed by atoms with Crippen molar-refractivity contribution in [2.24, 2.45) is 0 Å². The van der Waals surface area contributed by atoms with Crippen molar-refractivity contribution in [2.45, 2.75) is 18.8 Å². The molecule has 0 amide bonds. The molecule has 0 radical (unpaired) electrons. The third kappa shape index (κ3) is 1.57. The van der Waals surface area contributed by atoms with E-state index < -0.39 is 0 Å². The van der Waals surface area contributed by atoms with Gasteiger partial charge in [-0.25, -0.2) is 4.39 Å². The van der Waals surface area contributed by atoms with E-state index in [0.717, 1.165) is 24.4 Å². The summed E-state index contributed by atoms with van der Waals surface area (Å²) >= 11 is 5.19. The van der Waals surface area contributed by atoms with Crippen molar-refractivity contribution >= 4 is 12.2 Å². The maximum absolute atomic E-state index is 12.8. The highest BCUT2D eigenvalue weighted by Gasteiger charge is 2.29. The van der Waals surface area contributed by atoms with Crippen LogP contribution in [0.15, 0.2) is 24.3 Å². The van der Waals surface area contributed by atoms with Crippen LogP contribution in [0.2, 0.25) is 0 Å². The number of aromatic nitrogens is 3. The van der Waals surface area contributed by atoms with E-state index in [9.17, 15) is 4.39 Å². The van der Waals surface area contributed by atoms with Gasteiger partial charge in [0.25, 0.3) is 0 Å². The lowest BCUT2D eigenvalue weighted by Gasteiger charge is -2.05. The van der Waals surface area contributed by atoms with Crippen LogP contribution in [-0.2, 0) is 0 Å². The molecular formula is C11H10FN3S. The fourth-order valence-corrected chi connectivity index (χ4v) is 2.01. The first kappa shape index (κ1) is 9.72. The van der Waals surface area contributed by atoms with Crippen molar-refractivity contribution < 1.29 is 4.39 Å². The Balaban J connectivity index is 2.14. The molecular weight excluding hydrogens is 225 g/mol. The minimum absolute atomic E-state index is 0.244. The van der Waals surface area contributed by atoms with E-state index in [4.69, 9.17) is 12.2 Å². The second kappa shape index (κ2) is 3.52. The van der Waals surface area contributed by atoms with Crippen LogP contribution in [0.1, 0.15) is 24.6 Å². The topological polar surface area (TPSA) is 33.6 Å². The maximum atomic E-state index is 12.8. The maximum Gasteiger partial charge on any atom is 0.199 e. The lowest BCUT2D eigenvalue weighted by Crippen LogP contribution is -1.99. The van der Waals surface area contributed by atoms with Crippen molar-refractivity contribution in [3.63, 3.8) is 0 Å². The Bertz CT molecular complexity index is 566. The summed E-state index contributed by atoms with van der Waals surface area (Å²) in [7, 11) is 0. The molecule has 1 aliphatic rings. The van der Waals surface area contributed by atoms with Gasteiger partial charge in [-0.3, -0.25) is 9.67 Å². The smallest absolute Gasteiger partial charge is 0.199 e. The highest BCUT2D eigenvalue weighted by molar-refractivity contribution is 7.71. The molecule has 3 rings (SSSR count). The molecule has 0 atom stereocenters. The van der Waals surface area contributed by atoms with Gasteiger partial charge in [-0.15, -0.1) is 0 Å². The van der Waals surface area contributed by atoms with Gasteiger partial charge in [0.1, 0.15) is 11.6 Å². The molecule has 0 bridgehead atoms. The molecule has 1 heterocycles. The zero-order valence-electron chi connectivity index (χ0n) is 8.48. The molecule has 1 N–H and O–H groups in total. The van der Waals surface area contributed by atoms with Gasteiger partial charge in [0, 0.05) is 11.6 Å². The molecule has 2 aromatic rings. The lowest BCUT2D eigenvalue weighted by molar-refractivity contribution is 0.627. The molecule has 1 aliphatic carbocycles. The van der Waals surface area contributed by atoms with Crippen LogP contribution < -0.4 is 0 Å². The molecule has 1 aromatic carbocycles. The summed E-state index contributed by atoms with van der Waals surface area (Å²) in [4.78, 5) is 0. The largest absolute Gasteiger partial charge is 0.272 e. The second-order valence-electron chi connectivity index (χ2n) is 3.97.